The molecule has 0 saturated carbocycles. The predicted molar refractivity (Wildman–Crippen MR) is 100 cm³/mol. The number of esters is 1. The Labute approximate surface area is 158 Å². The van der Waals surface area contributed by atoms with Gasteiger partial charge in [0.1, 0.15) is 0 Å². The Morgan fingerprint density at radius 2 is 1.88 bits per heavy atom. The molecule has 0 spiro atoms. The van der Waals surface area contributed by atoms with Crippen LogP contribution in [0.15, 0.2) is 41.3 Å². The second-order valence-electron chi connectivity index (χ2n) is 6.40. The van der Waals surface area contributed by atoms with Crippen LogP contribution in [0.1, 0.15) is 33.5 Å². The first-order chi connectivity index (χ1) is 12.3. The number of hydrogen-bond acceptors (Lipinski definition) is 4. The number of hydrogen-bond donors (Lipinski definition) is 1. The van der Waals surface area contributed by atoms with Crippen molar-refractivity contribution >= 4 is 27.6 Å². The van der Waals surface area contributed by atoms with Crippen molar-refractivity contribution in [2.24, 2.45) is 0 Å². The maximum Gasteiger partial charge on any atom is 0.338 e. The standard InChI is InChI=1S/C19H20ClNO4S/c1-12-3-4-13-11-15(7-10-17(13)18(12)19(22)25-2)21-26(23,24)16-8-5-14(20)6-9-16/h3-6,8-9,15,21H,7,10-11H2,1-2H3. The van der Waals surface area contributed by atoms with E-state index in [2.05, 4.69) is 4.72 Å². The van der Waals surface area contributed by atoms with E-state index in [4.69, 9.17) is 16.3 Å². The third kappa shape index (κ3) is 3.77. The predicted octanol–water partition coefficient (Wildman–Crippen LogP) is 3.27. The van der Waals surface area contributed by atoms with E-state index < -0.39 is 10.0 Å². The van der Waals surface area contributed by atoms with Crippen molar-refractivity contribution in [3.8, 4) is 0 Å². The Morgan fingerprint density at radius 3 is 2.54 bits per heavy atom. The molecule has 0 radical (unpaired) electrons. The summed E-state index contributed by atoms with van der Waals surface area (Å²) in [5, 5.41) is 0.487. The molecule has 0 fully saturated rings. The smallest absolute Gasteiger partial charge is 0.338 e. The number of halogens is 1. The maximum atomic E-state index is 12.6. The van der Waals surface area contributed by atoms with Crippen molar-refractivity contribution in [2.75, 3.05) is 7.11 Å². The summed E-state index contributed by atoms with van der Waals surface area (Å²) in [5.41, 5.74) is 3.41. The van der Waals surface area contributed by atoms with Crippen LogP contribution in [0, 0.1) is 6.92 Å². The van der Waals surface area contributed by atoms with Crippen molar-refractivity contribution in [3.05, 3.63) is 63.7 Å². The number of sulfonamides is 1. The third-order valence-electron chi connectivity index (χ3n) is 4.66. The summed E-state index contributed by atoms with van der Waals surface area (Å²) in [6, 6.07) is 9.69. The van der Waals surface area contributed by atoms with E-state index in [1.54, 1.807) is 12.1 Å². The summed E-state index contributed by atoms with van der Waals surface area (Å²) in [7, 11) is -2.25. The monoisotopic (exact) mass is 393 g/mol. The van der Waals surface area contributed by atoms with Gasteiger partial charge in [-0.2, -0.15) is 0 Å². The van der Waals surface area contributed by atoms with Crippen LogP contribution in [0.5, 0.6) is 0 Å². The molecule has 7 heteroatoms. The number of nitrogens with one attached hydrogen (secondary N) is 1. The molecular weight excluding hydrogens is 374 g/mol. The Hall–Kier alpha value is -1.89. The second kappa shape index (κ2) is 7.39. The molecule has 26 heavy (non-hydrogen) atoms. The van der Waals surface area contributed by atoms with E-state index >= 15 is 0 Å². The zero-order valence-electron chi connectivity index (χ0n) is 14.6. The molecule has 1 unspecified atom stereocenters. The maximum absolute atomic E-state index is 12.6. The first-order valence-corrected chi connectivity index (χ1v) is 10.2. The summed E-state index contributed by atoms with van der Waals surface area (Å²) in [4.78, 5) is 12.3. The fourth-order valence-corrected chi connectivity index (χ4v) is 4.76. The average Bonchev–Trinajstić information content (AvgIpc) is 2.61. The molecule has 1 atom stereocenters. The minimum absolute atomic E-state index is 0.187. The summed E-state index contributed by atoms with van der Waals surface area (Å²) < 4.78 is 32.8. The van der Waals surface area contributed by atoms with Crippen LogP contribution in [-0.2, 0) is 27.6 Å². The summed E-state index contributed by atoms with van der Waals surface area (Å²) in [6.07, 6.45) is 1.77. The van der Waals surface area contributed by atoms with Gasteiger partial charge < -0.3 is 4.74 Å². The largest absolute Gasteiger partial charge is 0.465 e. The van der Waals surface area contributed by atoms with E-state index in [0.717, 1.165) is 16.7 Å². The van der Waals surface area contributed by atoms with Gasteiger partial charge in [0, 0.05) is 11.1 Å². The van der Waals surface area contributed by atoms with Crippen LogP contribution < -0.4 is 4.72 Å². The Kier molecular flexibility index (Phi) is 5.37. The molecule has 0 saturated heterocycles. The van der Waals surface area contributed by atoms with Crippen LogP contribution in [0.3, 0.4) is 0 Å². The highest BCUT2D eigenvalue weighted by Gasteiger charge is 2.28. The number of benzene rings is 2. The highest BCUT2D eigenvalue weighted by atomic mass is 35.5. The van der Waals surface area contributed by atoms with Gasteiger partial charge in [0.2, 0.25) is 10.0 Å². The van der Waals surface area contributed by atoms with Crippen LogP contribution in [0.2, 0.25) is 5.02 Å². The van der Waals surface area contributed by atoms with Gasteiger partial charge in [-0.1, -0.05) is 23.7 Å². The van der Waals surface area contributed by atoms with Crippen molar-refractivity contribution < 1.29 is 17.9 Å². The number of aryl methyl sites for hydroxylation is 1. The molecule has 1 aliphatic carbocycles. The lowest BCUT2D eigenvalue weighted by molar-refractivity contribution is 0.0598. The number of rotatable bonds is 4. The molecule has 0 heterocycles. The van der Waals surface area contributed by atoms with Gasteiger partial charge in [-0.25, -0.2) is 17.9 Å². The van der Waals surface area contributed by atoms with Crippen LogP contribution >= 0.6 is 11.6 Å². The van der Waals surface area contributed by atoms with Crippen molar-refractivity contribution in [2.45, 2.75) is 37.1 Å². The number of fused-ring (bicyclic) bond motifs is 1. The topological polar surface area (TPSA) is 72.5 Å². The molecule has 5 nitrogen and oxygen atoms in total. The van der Waals surface area contributed by atoms with Crippen LogP contribution in [-0.4, -0.2) is 27.5 Å². The Bertz CT molecular complexity index is 939. The van der Waals surface area contributed by atoms with Gasteiger partial charge in [-0.05, 0) is 67.1 Å². The molecule has 2 aromatic rings. The van der Waals surface area contributed by atoms with Gasteiger partial charge in [0.25, 0.3) is 0 Å². The second-order valence-corrected chi connectivity index (χ2v) is 8.55. The highest BCUT2D eigenvalue weighted by molar-refractivity contribution is 7.89. The Balaban J connectivity index is 1.83. The number of ether oxygens (including phenoxy) is 1. The van der Waals surface area contributed by atoms with Gasteiger partial charge in [-0.3, -0.25) is 0 Å². The lowest BCUT2D eigenvalue weighted by atomic mass is 9.84. The van der Waals surface area contributed by atoms with E-state index in [1.807, 2.05) is 19.1 Å². The van der Waals surface area contributed by atoms with Gasteiger partial charge in [-0.15, -0.1) is 0 Å². The fraction of sp³-hybridized carbons (Fsp3) is 0.316. The molecule has 0 aromatic heterocycles. The lowest BCUT2D eigenvalue weighted by Gasteiger charge is -2.27. The summed E-state index contributed by atoms with van der Waals surface area (Å²) in [6.45, 7) is 1.88. The van der Waals surface area contributed by atoms with E-state index in [1.165, 1.54) is 19.2 Å². The number of carbonyl (C=O) groups excluding carboxylic acids is 1. The molecule has 1 N–H and O–H groups in total. The number of carbonyl (C=O) groups is 1. The van der Waals surface area contributed by atoms with E-state index in [0.29, 0.717) is 29.8 Å². The summed E-state index contributed by atoms with van der Waals surface area (Å²) in [5.74, 6) is -0.348. The number of methoxy groups -OCH3 is 1. The van der Waals surface area contributed by atoms with Crippen LogP contribution in [0.4, 0.5) is 0 Å². The van der Waals surface area contributed by atoms with E-state index in [9.17, 15) is 13.2 Å². The van der Waals surface area contributed by atoms with Crippen molar-refractivity contribution in [1.82, 2.24) is 4.72 Å². The third-order valence-corrected chi connectivity index (χ3v) is 6.45. The minimum Gasteiger partial charge on any atom is -0.465 e. The first-order valence-electron chi connectivity index (χ1n) is 8.29. The molecule has 138 valence electrons. The molecule has 0 amide bonds. The van der Waals surface area contributed by atoms with Crippen molar-refractivity contribution in [1.29, 1.82) is 0 Å². The van der Waals surface area contributed by atoms with Gasteiger partial charge >= 0.3 is 5.97 Å². The van der Waals surface area contributed by atoms with Crippen molar-refractivity contribution in [3.63, 3.8) is 0 Å². The zero-order chi connectivity index (χ0) is 18.9. The van der Waals surface area contributed by atoms with E-state index in [-0.39, 0.29) is 16.9 Å². The highest BCUT2D eigenvalue weighted by Crippen LogP contribution is 2.28. The lowest BCUT2D eigenvalue weighted by Crippen LogP contribution is -2.39. The molecular formula is C19H20ClNO4S. The molecule has 3 rings (SSSR count). The van der Waals surface area contributed by atoms with Crippen LogP contribution in [0.25, 0.3) is 0 Å². The zero-order valence-corrected chi connectivity index (χ0v) is 16.2. The molecule has 0 aliphatic heterocycles. The quantitative estimate of drug-likeness (QED) is 0.809. The average molecular weight is 394 g/mol. The molecule has 2 aromatic carbocycles. The first kappa shape index (κ1) is 18.9. The Morgan fingerprint density at radius 1 is 1.19 bits per heavy atom. The molecule has 0 bridgehead atoms. The van der Waals surface area contributed by atoms with Gasteiger partial charge in [0.05, 0.1) is 17.6 Å². The summed E-state index contributed by atoms with van der Waals surface area (Å²) >= 11 is 5.82. The SMILES string of the molecule is COC(=O)c1c(C)ccc2c1CCC(NS(=O)(=O)c1ccc(Cl)cc1)C2. The minimum atomic E-state index is -3.62. The normalized spacial score (nSPS) is 16.8. The fourth-order valence-electron chi connectivity index (χ4n) is 3.36. The molecule has 1 aliphatic rings. The van der Waals surface area contributed by atoms with Gasteiger partial charge in [0.15, 0.2) is 0 Å².